The number of nitrogens with zero attached hydrogens (tertiary/aromatic N) is 3. The van der Waals surface area contributed by atoms with E-state index < -0.39 is 0 Å². The maximum absolute atomic E-state index is 11.9. The summed E-state index contributed by atoms with van der Waals surface area (Å²) in [6, 6.07) is 3.69. The van der Waals surface area contributed by atoms with Crippen LogP contribution in [-0.4, -0.2) is 36.6 Å². The molecular weight excluding hydrogens is 322 g/mol. The monoisotopic (exact) mass is 347 g/mol. The standard InChI is InChI=1S/C17H25N5OS/c1-12(2)16-21-14(11-24-16)6-8-19-17(23)20-10-13-5-7-18-15(9-13)22(3)4/h5,7,9,11-12H,6,8,10H2,1-4H3,(H2,19,20,23). The molecule has 0 aromatic carbocycles. The zero-order valence-electron chi connectivity index (χ0n) is 14.7. The first-order valence-corrected chi connectivity index (χ1v) is 8.92. The van der Waals surface area contributed by atoms with E-state index in [1.807, 2.05) is 31.1 Å². The lowest BCUT2D eigenvalue weighted by molar-refractivity contribution is 0.240. The molecule has 2 heterocycles. The molecule has 0 aliphatic rings. The maximum atomic E-state index is 11.9. The summed E-state index contributed by atoms with van der Waals surface area (Å²) in [7, 11) is 3.88. The first-order chi connectivity index (χ1) is 11.5. The van der Waals surface area contributed by atoms with Gasteiger partial charge < -0.3 is 15.5 Å². The van der Waals surface area contributed by atoms with Gasteiger partial charge in [0.1, 0.15) is 5.82 Å². The van der Waals surface area contributed by atoms with Crippen molar-refractivity contribution < 1.29 is 4.79 Å². The molecule has 0 unspecified atom stereocenters. The van der Waals surface area contributed by atoms with E-state index in [0.29, 0.717) is 19.0 Å². The van der Waals surface area contributed by atoms with Crippen LogP contribution in [0, 0.1) is 0 Å². The van der Waals surface area contributed by atoms with Crippen molar-refractivity contribution in [1.29, 1.82) is 0 Å². The summed E-state index contributed by atoms with van der Waals surface area (Å²) >= 11 is 1.68. The van der Waals surface area contributed by atoms with Crippen molar-refractivity contribution in [2.75, 3.05) is 25.5 Å². The molecule has 0 bridgehead atoms. The number of amides is 2. The number of hydrogen-bond acceptors (Lipinski definition) is 5. The minimum atomic E-state index is -0.169. The molecule has 2 rings (SSSR count). The van der Waals surface area contributed by atoms with Crippen LogP contribution in [0.4, 0.5) is 10.6 Å². The molecule has 2 N–H and O–H groups in total. The summed E-state index contributed by atoms with van der Waals surface area (Å²) < 4.78 is 0. The lowest BCUT2D eigenvalue weighted by Gasteiger charge is -2.12. The quantitative estimate of drug-likeness (QED) is 0.808. The van der Waals surface area contributed by atoms with E-state index in [0.717, 1.165) is 28.5 Å². The third-order valence-corrected chi connectivity index (χ3v) is 4.65. The van der Waals surface area contributed by atoms with E-state index in [1.54, 1.807) is 17.5 Å². The third-order valence-electron chi connectivity index (χ3n) is 3.45. The lowest BCUT2D eigenvalue weighted by Crippen LogP contribution is -2.36. The number of rotatable bonds is 7. The Morgan fingerprint density at radius 1 is 1.33 bits per heavy atom. The Labute approximate surface area is 147 Å². The van der Waals surface area contributed by atoms with Crippen LogP contribution in [0.5, 0.6) is 0 Å². The molecule has 24 heavy (non-hydrogen) atoms. The fourth-order valence-electron chi connectivity index (χ4n) is 2.07. The van der Waals surface area contributed by atoms with Crippen molar-refractivity contribution >= 4 is 23.2 Å². The van der Waals surface area contributed by atoms with Gasteiger partial charge in [-0.25, -0.2) is 14.8 Å². The van der Waals surface area contributed by atoms with Crippen molar-refractivity contribution in [3.63, 3.8) is 0 Å². The van der Waals surface area contributed by atoms with E-state index >= 15 is 0 Å². The smallest absolute Gasteiger partial charge is 0.315 e. The van der Waals surface area contributed by atoms with Gasteiger partial charge >= 0.3 is 6.03 Å². The fraction of sp³-hybridized carbons (Fsp3) is 0.471. The molecule has 0 radical (unpaired) electrons. The molecule has 6 nitrogen and oxygen atoms in total. The molecule has 7 heteroatoms. The molecule has 2 aromatic heterocycles. The Bertz CT molecular complexity index is 669. The molecule has 2 aromatic rings. The van der Waals surface area contributed by atoms with Crippen LogP contribution >= 0.6 is 11.3 Å². The molecule has 0 aliphatic heterocycles. The van der Waals surface area contributed by atoms with Crippen LogP contribution in [-0.2, 0) is 13.0 Å². The van der Waals surface area contributed by atoms with Crippen molar-refractivity contribution in [3.05, 3.63) is 40.0 Å². The van der Waals surface area contributed by atoms with E-state index in [1.165, 1.54) is 0 Å². The fourth-order valence-corrected chi connectivity index (χ4v) is 2.94. The number of pyridine rings is 1. The van der Waals surface area contributed by atoms with Crippen molar-refractivity contribution in [3.8, 4) is 0 Å². The van der Waals surface area contributed by atoms with E-state index in [9.17, 15) is 4.79 Å². The Balaban J connectivity index is 1.72. The molecule has 0 fully saturated rings. The second-order valence-corrected chi connectivity index (χ2v) is 7.00. The average Bonchev–Trinajstić information content (AvgIpc) is 3.02. The summed E-state index contributed by atoms with van der Waals surface area (Å²) in [6.45, 7) is 5.32. The van der Waals surface area contributed by atoms with Gasteiger partial charge in [-0.2, -0.15) is 0 Å². The highest BCUT2D eigenvalue weighted by Crippen LogP contribution is 2.19. The summed E-state index contributed by atoms with van der Waals surface area (Å²) in [6.07, 6.45) is 2.50. The van der Waals surface area contributed by atoms with E-state index in [4.69, 9.17) is 0 Å². The number of carbonyl (C=O) groups excluding carboxylic acids is 1. The Kier molecular flexibility index (Phi) is 6.54. The zero-order valence-corrected chi connectivity index (χ0v) is 15.5. The molecule has 0 aliphatic carbocycles. The van der Waals surface area contributed by atoms with Crippen molar-refractivity contribution in [2.45, 2.75) is 32.7 Å². The van der Waals surface area contributed by atoms with Gasteiger partial charge in [0.2, 0.25) is 0 Å². The summed E-state index contributed by atoms with van der Waals surface area (Å²) in [5.74, 6) is 1.33. The number of thiazole rings is 1. The molecule has 0 saturated heterocycles. The number of nitrogens with one attached hydrogen (secondary N) is 2. The first kappa shape index (κ1) is 18.2. The highest BCUT2D eigenvalue weighted by atomic mass is 32.1. The number of carbonyl (C=O) groups is 1. The zero-order chi connectivity index (χ0) is 17.5. The van der Waals surface area contributed by atoms with Gasteiger partial charge in [-0.15, -0.1) is 11.3 Å². The van der Waals surface area contributed by atoms with E-state index in [-0.39, 0.29) is 6.03 Å². The van der Waals surface area contributed by atoms with Gasteiger partial charge in [0.15, 0.2) is 0 Å². The van der Waals surface area contributed by atoms with Crippen molar-refractivity contribution in [1.82, 2.24) is 20.6 Å². The largest absolute Gasteiger partial charge is 0.363 e. The van der Waals surface area contributed by atoms with Gasteiger partial charge in [-0.05, 0) is 17.7 Å². The molecule has 0 spiro atoms. The van der Waals surface area contributed by atoms with Crippen LogP contribution in [0.1, 0.15) is 36.0 Å². The van der Waals surface area contributed by atoms with Gasteiger partial charge in [-0.1, -0.05) is 13.8 Å². The second kappa shape index (κ2) is 8.63. The van der Waals surface area contributed by atoms with E-state index in [2.05, 4.69) is 39.8 Å². The molecular formula is C17H25N5OS. The molecule has 0 saturated carbocycles. The third kappa shape index (κ3) is 5.49. The Hall–Kier alpha value is -2.15. The van der Waals surface area contributed by atoms with Gasteiger partial charge in [0.25, 0.3) is 0 Å². The van der Waals surface area contributed by atoms with Gasteiger partial charge in [0, 0.05) is 51.1 Å². The number of urea groups is 1. The number of aromatic nitrogens is 2. The Morgan fingerprint density at radius 2 is 2.12 bits per heavy atom. The minimum Gasteiger partial charge on any atom is -0.363 e. The highest BCUT2D eigenvalue weighted by molar-refractivity contribution is 7.09. The molecule has 0 atom stereocenters. The van der Waals surface area contributed by atoms with Crippen molar-refractivity contribution in [2.24, 2.45) is 0 Å². The second-order valence-electron chi connectivity index (χ2n) is 6.11. The predicted molar refractivity (Wildman–Crippen MR) is 98.7 cm³/mol. The summed E-state index contributed by atoms with van der Waals surface area (Å²) in [4.78, 5) is 22.6. The molecule has 2 amide bonds. The normalized spacial score (nSPS) is 10.7. The van der Waals surface area contributed by atoms with Crippen LogP contribution in [0.2, 0.25) is 0 Å². The molecule has 130 valence electrons. The van der Waals surface area contributed by atoms with Crippen LogP contribution in [0.25, 0.3) is 0 Å². The summed E-state index contributed by atoms with van der Waals surface area (Å²) in [5, 5.41) is 8.93. The SMILES string of the molecule is CC(C)c1nc(CCNC(=O)NCc2ccnc(N(C)C)c2)cs1. The van der Waals surface area contributed by atoms with Crippen LogP contribution in [0.3, 0.4) is 0 Å². The maximum Gasteiger partial charge on any atom is 0.315 e. The average molecular weight is 347 g/mol. The lowest BCUT2D eigenvalue weighted by atomic mass is 10.2. The minimum absolute atomic E-state index is 0.169. The summed E-state index contributed by atoms with van der Waals surface area (Å²) in [5.41, 5.74) is 2.05. The van der Waals surface area contributed by atoms with Crippen LogP contribution in [0.15, 0.2) is 23.7 Å². The number of anilines is 1. The van der Waals surface area contributed by atoms with Gasteiger partial charge in [-0.3, -0.25) is 0 Å². The Morgan fingerprint density at radius 3 is 2.79 bits per heavy atom. The topological polar surface area (TPSA) is 70.1 Å². The number of hydrogen-bond donors (Lipinski definition) is 2. The predicted octanol–water partition coefficient (Wildman–Crippen LogP) is 2.77. The first-order valence-electron chi connectivity index (χ1n) is 8.04. The van der Waals surface area contributed by atoms with Crippen LogP contribution < -0.4 is 15.5 Å². The highest BCUT2D eigenvalue weighted by Gasteiger charge is 2.07. The van der Waals surface area contributed by atoms with Gasteiger partial charge in [0.05, 0.1) is 10.7 Å².